The summed E-state index contributed by atoms with van der Waals surface area (Å²) in [5, 5.41) is 0. The molecule has 0 bridgehead atoms. The molecule has 118 valence electrons. The summed E-state index contributed by atoms with van der Waals surface area (Å²) in [5.74, 6) is 2.79. The van der Waals surface area contributed by atoms with E-state index in [1.165, 1.54) is 95.0 Å². The molecule has 0 aliphatic carbocycles. The molecule has 0 rings (SSSR count). The summed E-state index contributed by atoms with van der Waals surface area (Å²) < 4.78 is 0. The Morgan fingerprint density at radius 2 is 0.842 bits per heavy atom. The average molecular weight is 307 g/mol. The number of hydrogen-bond donors (Lipinski definition) is 2. The third-order valence-corrected chi connectivity index (χ3v) is 6.65. The Hall–Kier alpha value is 0.700. The fraction of sp³-hybridized carbons (Fsp3) is 1.00. The van der Waals surface area contributed by atoms with Gasteiger partial charge >= 0.3 is 0 Å². The van der Waals surface area contributed by atoms with Gasteiger partial charge in [0.25, 0.3) is 0 Å². The Balaban J connectivity index is 3.05. The highest BCUT2D eigenvalue weighted by molar-refractivity contribution is 8.78. The van der Waals surface area contributed by atoms with Gasteiger partial charge in [-0.1, -0.05) is 84.5 Å². The first kappa shape index (κ1) is 19.7. The molecule has 0 aromatic heterocycles. The van der Waals surface area contributed by atoms with Crippen LogP contribution in [0, 0.1) is 0 Å². The van der Waals surface area contributed by atoms with E-state index in [1.54, 1.807) is 0 Å². The molecule has 0 N–H and O–H groups in total. The zero-order valence-electron chi connectivity index (χ0n) is 13.5. The summed E-state index contributed by atoms with van der Waals surface area (Å²) in [5.41, 5.74) is 0. The molecular weight excluding hydrogens is 268 g/mol. The second-order valence-corrected chi connectivity index (χ2v) is 9.45. The number of hydrogen-bond acceptors (Lipinski definition) is 1. The van der Waals surface area contributed by atoms with E-state index in [4.69, 9.17) is 11.7 Å². The number of thiol groups is 2. The van der Waals surface area contributed by atoms with Gasteiger partial charge in [-0.15, -0.1) is 11.7 Å². The fourth-order valence-electron chi connectivity index (χ4n) is 2.44. The van der Waals surface area contributed by atoms with Crippen molar-refractivity contribution in [2.45, 2.75) is 97.3 Å². The Kier molecular flexibility index (Phi) is 17.4. The molecule has 0 radical (unpaired) electrons. The van der Waals surface area contributed by atoms with E-state index in [-0.39, 0.29) is 9.93 Å². The lowest BCUT2D eigenvalue weighted by atomic mass is 10.1. The van der Waals surface area contributed by atoms with Crippen molar-refractivity contribution in [1.82, 2.24) is 0 Å². The van der Waals surface area contributed by atoms with E-state index < -0.39 is 0 Å². The maximum atomic E-state index is 4.76. The molecule has 1 atom stereocenters. The maximum Gasteiger partial charge on any atom is -0.0170 e. The fourth-order valence-corrected chi connectivity index (χ4v) is 4.69. The van der Waals surface area contributed by atoms with Gasteiger partial charge in [0, 0.05) is 0 Å². The summed E-state index contributed by atoms with van der Waals surface area (Å²) in [4.78, 5) is 0. The quantitative estimate of drug-likeness (QED) is 0.183. The van der Waals surface area contributed by atoms with Gasteiger partial charge in [0.1, 0.15) is 0 Å². The summed E-state index contributed by atoms with van der Waals surface area (Å²) in [7, 11) is 0.0677. The van der Waals surface area contributed by atoms with Crippen LogP contribution in [0.15, 0.2) is 0 Å². The molecule has 0 spiro atoms. The van der Waals surface area contributed by atoms with Crippen LogP contribution in [0.3, 0.4) is 0 Å². The van der Waals surface area contributed by atoms with E-state index in [0.717, 1.165) is 0 Å². The van der Waals surface area contributed by atoms with Crippen LogP contribution in [0.4, 0.5) is 0 Å². The highest BCUT2D eigenvalue weighted by Crippen LogP contribution is 2.32. The molecule has 0 aliphatic rings. The lowest BCUT2D eigenvalue weighted by molar-refractivity contribution is 0.563. The maximum absolute atomic E-state index is 4.76. The largest absolute Gasteiger partial charge is 0.208 e. The molecule has 0 heterocycles. The lowest BCUT2D eigenvalue weighted by Crippen LogP contribution is -1.90. The minimum atomic E-state index is 0.0677. The first-order valence-electron chi connectivity index (χ1n) is 8.75. The van der Waals surface area contributed by atoms with Crippen LogP contribution in [0.25, 0.3) is 0 Å². The average Bonchev–Trinajstić information content (AvgIpc) is 2.41. The van der Waals surface area contributed by atoms with E-state index in [0.29, 0.717) is 0 Å². The van der Waals surface area contributed by atoms with Crippen molar-refractivity contribution in [3.05, 3.63) is 0 Å². The predicted molar refractivity (Wildman–Crippen MR) is 99.1 cm³/mol. The van der Waals surface area contributed by atoms with Crippen molar-refractivity contribution in [2.75, 3.05) is 11.5 Å². The third kappa shape index (κ3) is 16.6. The van der Waals surface area contributed by atoms with Gasteiger partial charge in [-0.3, -0.25) is 0 Å². The summed E-state index contributed by atoms with van der Waals surface area (Å²) in [6.45, 7) is 4.57. The van der Waals surface area contributed by atoms with Crippen molar-refractivity contribution in [1.29, 1.82) is 0 Å². The Labute approximate surface area is 130 Å². The van der Waals surface area contributed by atoms with Crippen LogP contribution in [0.1, 0.15) is 97.3 Å². The monoisotopic (exact) mass is 306 g/mol. The Morgan fingerprint density at radius 1 is 0.526 bits per heavy atom. The second-order valence-electron chi connectivity index (χ2n) is 5.84. The van der Waals surface area contributed by atoms with Gasteiger partial charge in [-0.2, -0.15) is 0 Å². The van der Waals surface area contributed by atoms with Crippen LogP contribution in [0.2, 0.25) is 0 Å². The van der Waals surface area contributed by atoms with Crippen molar-refractivity contribution in [3.8, 4) is 0 Å². The van der Waals surface area contributed by atoms with E-state index in [2.05, 4.69) is 13.8 Å². The van der Waals surface area contributed by atoms with Gasteiger partial charge in [-0.05, 0) is 24.3 Å². The highest BCUT2D eigenvalue weighted by atomic mass is 33.1. The van der Waals surface area contributed by atoms with Gasteiger partial charge in [0.2, 0.25) is 0 Å². The topological polar surface area (TPSA) is 0 Å². The summed E-state index contributed by atoms with van der Waals surface area (Å²) >= 11 is 4.76. The SMILES string of the molecule is CCCCCCCCCCCC[SH](S)CCCCC. The second kappa shape index (κ2) is 16.8. The van der Waals surface area contributed by atoms with E-state index in [9.17, 15) is 0 Å². The zero-order chi connectivity index (χ0) is 14.2. The minimum Gasteiger partial charge on any atom is -0.208 e. The van der Waals surface area contributed by atoms with Crippen molar-refractivity contribution >= 4 is 21.6 Å². The minimum absolute atomic E-state index is 0.0677. The highest BCUT2D eigenvalue weighted by Gasteiger charge is 1.98. The molecule has 0 aromatic carbocycles. The van der Waals surface area contributed by atoms with Gasteiger partial charge in [-0.25, -0.2) is 9.93 Å². The molecule has 0 saturated carbocycles. The zero-order valence-corrected chi connectivity index (χ0v) is 15.3. The van der Waals surface area contributed by atoms with Crippen molar-refractivity contribution < 1.29 is 0 Å². The van der Waals surface area contributed by atoms with Crippen LogP contribution in [-0.2, 0) is 0 Å². The Morgan fingerprint density at radius 3 is 1.32 bits per heavy atom. The van der Waals surface area contributed by atoms with E-state index >= 15 is 0 Å². The van der Waals surface area contributed by atoms with Crippen LogP contribution < -0.4 is 0 Å². The van der Waals surface area contributed by atoms with Crippen LogP contribution >= 0.6 is 21.6 Å². The normalized spacial score (nSPS) is 13.7. The molecule has 1 unspecified atom stereocenters. The summed E-state index contributed by atoms with van der Waals surface area (Å²) in [6, 6.07) is 0. The first-order valence-corrected chi connectivity index (χ1v) is 11.6. The molecular formula is C17H38S2. The first-order chi connectivity index (χ1) is 9.31. The number of unbranched alkanes of at least 4 members (excludes halogenated alkanes) is 11. The third-order valence-electron chi connectivity index (χ3n) is 3.79. The molecule has 0 aliphatic heterocycles. The van der Waals surface area contributed by atoms with Gasteiger partial charge in [0.05, 0.1) is 0 Å². The molecule has 0 nitrogen and oxygen atoms in total. The molecule has 0 saturated heterocycles. The predicted octanol–water partition coefficient (Wildman–Crippen LogP) is 6.94. The molecule has 0 aromatic rings. The Bertz CT molecular complexity index is 159. The molecule has 19 heavy (non-hydrogen) atoms. The molecule has 0 amide bonds. The van der Waals surface area contributed by atoms with Gasteiger partial charge < -0.3 is 0 Å². The van der Waals surface area contributed by atoms with Crippen molar-refractivity contribution in [2.24, 2.45) is 0 Å². The lowest BCUT2D eigenvalue weighted by Gasteiger charge is -2.14. The van der Waals surface area contributed by atoms with E-state index in [1.807, 2.05) is 0 Å². The van der Waals surface area contributed by atoms with Crippen LogP contribution in [0.5, 0.6) is 0 Å². The number of rotatable bonds is 15. The molecule has 0 fully saturated rings. The van der Waals surface area contributed by atoms with Crippen molar-refractivity contribution in [3.63, 3.8) is 0 Å². The standard InChI is InChI=1S/C17H38S2/c1-3-5-7-8-9-10-11-12-13-15-17-19(18)16-14-6-4-2/h18-19H,3-17H2,1-2H3. The smallest absolute Gasteiger partial charge is 0.0170 e. The van der Waals surface area contributed by atoms with Crippen LogP contribution in [-0.4, -0.2) is 11.5 Å². The molecule has 2 heteroatoms. The summed E-state index contributed by atoms with van der Waals surface area (Å²) in [6.07, 6.45) is 18.6. The van der Waals surface area contributed by atoms with Gasteiger partial charge in [0.15, 0.2) is 0 Å².